The van der Waals surface area contributed by atoms with Crippen molar-refractivity contribution in [3.05, 3.63) is 0 Å². The van der Waals surface area contributed by atoms with E-state index in [1.165, 1.54) is 32.1 Å². The summed E-state index contributed by atoms with van der Waals surface area (Å²) in [5.74, 6) is 0. The minimum absolute atomic E-state index is 0.0649. The Morgan fingerprint density at radius 3 is 2.79 bits per heavy atom. The zero-order valence-electron chi connectivity index (χ0n) is 12.5. The van der Waals surface area contributed by atoms with E-state index in [9.17, 15) is 5.11 Å². The van der Waals surface area contributed by atoms with E-state index in [0.717, 1.165) is 26.0 Å². The van der Waals surface area contributed by atoms with Crippen LogP contribution >= 0.6 is 0 Å². The number of aliphatic hydroxyl groups is 1. The van der Waals surface area contributed by atoms with Crippen molar-refractivity contribution in [3.63, 3.8) is 0 Å². The second-order valence-electron chi connectivity index (χ2n) is 6.37. The summed E-state index contributed by atoms with van der Waals surface area (Å²) in [5, 5.41) is 13.0. The molecule has 1 saturated carbocycles. The van der Waals surface area contributed by atoms with E-state index in [1.807, 2.05) is 7.05 Å². The van der Waals surface area contributed by atoms with Gasteiger partial charge in [0.15, 0.2) is 0 Å². The Bertz CT molecular complexity index is 263. The Morgan fingerprint density at radius 2 is 2.16 bits per heavy atom. The predicted octanol–water partition coefficient (Wildman–Crippen LogP) is 1.38. The topological polar surface area (TPSA) is 44.7 Å². The van der Waals surface area contributed by atoms with Crippen LogP contribution in [0.4, 0.5) is 0 Å². The van der Waals surface area contributed by atoms with Gasteiger partial charge < -0.3 is 20.1 Å². The number of hydrogen-bond donors (Lipinski definition) is 2. The van der Waals surface area contributed by atoms with Gasteiger partial charge in [0.2, 0.25) is 0 Å². The molecule has 0 bridgehead atoms. The highest BCUT2D eigenvalue weighted by Gasteiger charge is 2.36. The number of rotatable bonds is 5. The average Bonchev–Trinajstić information content (AvgIpc) is 2.48. The first-order valence-electron chi connectivity index (χ1n) is 7.81. The highest BCUT2D eigenvalue weighted by molar-refractivity contribution is 4.95. The summed E-state index contributed by atoms with van der Waals surface area (Å²) < 4.78 is 5.84. The SMILES string of the molecule is CNC1(CO)CCCC(N(C)CC2CCCCO2)C1. The fraction of sp³-hybridized carbons (Fsp3) is 1.00. The molecule has 2 N–H and O–H groups in total. The van der Waals surface area contributed by atoms with Crippen LogP contribution in [0.5, 0.6) is 0 Å². The number of hydrogen-bond acceptors (Lipinski definition) is 4. The standard InChI is InChI=1S/C15H30N2O2/c1-16-15(12-18)8-5-6-13(10-15)17(2)11-14-7-3-4-9-19-14/h13-14,16,18H,3-12H2,1-2H3. The lowest BCUT2D eigenvalue weighted by molar-refractivity contribution is -0.0173. The average molecular weight is 270 g/mol. The number of aliphatic hydroxyl groups excluding tert-OH is 1. The van der Waals surface area contributed by atoms with Gasteiger partial charge in [-0.3, -0.25) is 0 Å². The molecule has 0 radical (unpaired) electrons. The summed E-state index contributed by atoms with van der Waals surface area (Å²) in [6.45, 7) is 2.21. The first-order valence-corrected chi connectivity index (χ1v) is 7.81. The molecular weight excluding hydrogens is 240 g/mol. The number of ether oxygens (including phenoxy) is 1. The zero-order chi connectivity index (χ0) is 13.7. The van der Waals surface area contributed by atoms with E-state index in [1.54, 1.807) is 0 Å². The smallest absolute Gasteiger partial charge is 0.0702 e. The van der Waals surface area contributed by atoms with E-state index in [4.69, 9.17) is 4.74 Å². The van der Waals surface area contributed by atoms with E-state index < -0.39 is 0 Å². The molecule has 2 aliphatic rings. The highest BCUT2D eigenvalue weighted by atomic mass is 16.5. The first-order chi connectivity index (χ1) is 9.19. The Labute approximate surface area is 117 Å². The fourth-order valence-corrected chi connectivity index (χ4v) is 3.58. The molecule has 0 amide bonds. The lowest BCUT2D eigenvalue weighted by Gasteiger charge is -2.43. The lowest BCUT2D eigenvalue weighted by Crippen LogP contribution is -2.54. The van der Waals surface area contributed by atoms with Gasteiger partial charge in [0.1, 0.15) is 0 Å². The molecule has 0 aromatic carbocycles. The molecular formula is C15H30N2O2. The van der Waals surface area contributed by atoms with Crippen LogP contribution in [0.25, 0.3) is 0 Å². The van der Waals surface area contributed by atoms with Gasteiger partial charge in [-0.25, -0.2) is 0 Å². The number of nitrogens with zero attached hydrogens (tertiary/aromatic N) is 1. The fourth-order valence-electron chi connectivity index (χ4n) is 3.58. The summed E-state index contributed by atoms with van der Waals surface area (Å²) >= 11 is 0. The van der Waals surface area contributed by atoms with Crippen LogP contribution in [0.2, 0.25) is 0 Å². The highest BCUT2D eigenvalue weighted by Crippen LogP contribution is 2.30. The third-order valence-corrected chi connectivity index (χ3v) is 5.04. The largest absolute Gasteiger partial charge is 0.394 e. The lowest BCUT2D eigenvalue weighted by atomic mass is 9.79. The summed E-state index contributed by atoms with van der Waals surface area (Å²) in [6, 6.07) is 0.568. The molecule has 4 nitrogen and oxygen atoms in total. The van der Waals surface area contributed by atoms with Crippen molar-refractivity contribution in [2.24, 2.45) is 0 Å². The Balaban J connectivity index is 1.85. The molecule has 1 heterocycles. The van der Waals surface area contributed by atoms with Crippen LogP contribution in [0.3, 0.4) is 0 Å². The van der Waals surface area contributed by atoms with Crippen molar-refractivity contribution in [2.75, 3.05) is 33.9 Å². The zero-order valence-corrected chi connectivity index (χ0v) is 12.5. The molecule has 3 atom stereocenters. The van der Waals surface area contributed by atoms with Gasteiger partial charge in [0.25, 0.3) is 0 Å². The maximum atomic E-state index is 9.66. The van der Waals surface area contributed by atoms with Gasteiger partial charge in [-0.1, -0.05) is 0 Å². The van der Waals surface area contributed by atoms with Crippen molar-refractivity contribution in [3.8, 4) is 0 Å². The van der Waals surface area contributed by atoms with Crippen molar-refractivity contribution in [2.45, 2.75) is 62.6 Å². The van der Waals surface area contributed by atoms with E-state index in [2.05, 4.69) is 17.3 Å². The molecule has 112 valence electrons. The molecule has 3 unspecified atom stereocenters. The molecule has 2 fully saturated rings. The summed E-state index contributed by atoms with van der Waals surface area (Å²) in [6.07, 6.45) is 8.71. The minimum atomic E-state index is -0.0649. The third kappa shape index (κ3) is 3.91. The Hall–Kier alpha value is -0.160. The van der Waals surface area contributed by atoms with E-state index in [0.29, 0.717) is 12.1 Å². The Kier molecular flexibility index (Phi) is 5.63. The maximum Gasteiger partial charge on any atom is 0.0702 e. The van der Waals surface area contributed by atoms with Crippen LogP contribution in [-0.2, 0) is 4.74 Å². The minimum Gasteiger partial charge on any atom is -0.394 e. The molecule has 1 aliphatic carbocycles. The van der Waals surface area contributed by atoms with Crippen molar-refractivity contribution >= 4 is 0 Å². The van der Waals surface area contributed by atoms with Crippen LogP contribution in [0, 0.1) is 0 Å². The summed E-state index contributed by atoms with van der Waals surface area (Å²) in [5.41, 5.74) is -0.0649. The molecule has 19 heavy (non-hydrogen) atoms. The monoisotopic (exact) mass is 270 g/mol. The molecule has 0 spiro atoms. The van der Waals surface area contributed by atoms with Gasteiger partial charge in [-0.15, -0.1) is 0 Å². The summed E-state index contributed by atoms with van der Waals surface area (Å²) in [4.78, 5) is 2.46. The van der Waals surface area contributed by atoms with Crippen LogP contribution in [-0.4, -0.2) is 61.5 Å². The molecule has 2 rings (SSSR count). The van der Waals surface area contributed by atoms with Crippen molar-refractivity contribution in [1.29, 1.82) is 0 Å². The van der Waals surface area contributed by atoms with E-state index >= 15 is 0 Å². The predicted molar refractivity (Wildman–Crippen MR) is 77.4 cm³/mol. The number of likely N-dealkylation sites (N-methyl/N-ethyl adjacent to an activating group) is 2. The molecule has 4 heteroatoms. The van der Waals surface area contributed by atoms with E-state index in [-0.39, 0.29) is 12.1 Å². The van der Waals surface area contributed by atoms with Crippen LogP contribution in [0.15, 0.2) is 0 Å². The van der Waals surface area contributed by atoms with Gasteiger partial charge in [-0.05, 0) is 59.0 Å². The van der Waals surface area contributed by atoms with Crippen molar-refractivity contribution < 1.29 is 9.84 Å². The van der Waals surface area contributed by atoms with Gasteiger partial charge >= 0.3 is 0 Å². The molecule has 0 aromatic rings. The number of nitrogens with one attached hydrogen (secondary N) is 1. The molecule has 1 aliphatic heterocycles. The van der Waals surface area contributed by atoms with Gasteiger partial charge in [-0.2, -0.15) is 0 Å². The van der Waals surface area contributed by atoms with Gasteiger partial charge in [0.05, 0.1) is 12.7 Å². The Morgan fingerprint density at radius 1 is 1.32 bits per heavy atom. The van der Waals surface area contributed by atoms with Crippen LogP contribution in [0.1, 0.15) is 44.9 Å². The summed E-state index contributed by atoms with van der Waals surface area (Å²) in [7, 11) is 4.19. The second kappa shape index (κ2) is 7.02. The second-order valence-corrected chi connectivity index (χ2v) is 6.37. The van der Waals surface area contributed by atoms with Crippen LogP contribution < -0.4 is 5.32 Å². The quantitative estimate of drug-likeness (QED) is 0.792. The first kappa shape index (κ1) is 15.2. The molecule has 1 saturated heterocycles. The maximum absolute atomic E-state index is 9.66. The van der Waals surface area contributed by atoms with Gasteiger partial charge in [0, 0.05) is 24.7 Å². The third-order valence-electron chi connectivity index (χ3n) is 5.04. The molecule has 0 aromatic heterocycles. The normalized spacial score (nSPS) is 36.6. The van der Waals surface area contributed by atoms with Crippen molar-refractivity contribution in [1.82, 2.24) is 10.2 Å².